The van der Waals surface area contributed by atoms with Crippen LogP contribution < -0.4 is 14.9 Å². The summed E-state index contributed by atoms with van der Waals surface area (Å²) < 4.78 is 10.5. The van der Waals surface area contributed by atoms with Gasteiger partial charge in [0.1, 0.15) is 11.5 Å². The Labute approximate surface area is 142 Å². The molecule has 2 aromatic carbocycles. The van der Waals surface area contributed by atoms with Crippen LogP contribution in [-0.4, -0.2) is 25.3 Å². The van der Waals surface area contributed by atoms with Crippen LogP contribution in [0.15, 0.2) is 59.7 Å². The minimum Gasteiger partial charge on any atom is -0.497 e. The summed E-state index contributed by atoms with van der Waals surface area (Å²) in [6, 6.07) is 16.9. The highest BCUT2D eigenvalue weighted by Gasteiger charge is 2.05. The van der Waals surface area contributed by atoms with Crippen molar-refractivity contribution in [3.05, 3.63) is 60.2 Å². The summed E-state index contributed by atoms with van der Waals surface area (Å²) in [7, 11) is 1.60. The van der Waals surface area contributed by atoms with Gasteiger partial charge in [-0.25, -0.2) is 5.43 Å². The Hall–Kier alpha value is -2.82. The highest BCUT2D eigenvalue weighted by Crippen LogP contribution is 2.16. The average molecular weight is 326 g/mol. The zero-order valence-corrected chi connectivity index (χ0v) is 14.0. The van der Waals surface area contributed by atoms with Gasteiger partial charge in [-0.1, -0.05) is 43.7 Å². The van der Waals surface area contributed by atoms with Crippen molar-refractivity contribution in [2.24, 2.45) is 5.10 Å². The molecule has 126 valence electrons. The normalized spacial score (nSPS) is 11.0. The first-order valence-corrected chi connectivity index (χ1v) is 7.90. The summed E-state index contributed by atoms with van der Waals surface area (Å²) in [4.78, 5) is 11.9. The number of amides is 1. The third kappa shape index (κ3) is 5.43. The first-order chi connectivity index (χ1) is 11.7. The third-order valence-electron chi connectivity index (χ3n) is 3.34. The number of ether oxygens (including phenoxy) is 2. The fourth-order valence-electron chi connectivity index (χ4n) is 2.12. The zero-order chi connectivity index (χ0) is 17.2. The molecule has 0 aliphatic carbocycles. The number of nitrogens with zero attached hydrogens (tertiary/aromatic N) is 1. The van der Waals surface area contributed by atoms with Crippen LogP contribution >= 0.6 is 0 Å². The fraction of sp³-hybridized carbons (Fsp3) is 0.263. The highest BCUT2D eigenvalue weighted by molar-refractivity contribution is 6.01. The first-order valence-electron chi connectivity index (χ1n) is 7.90. The van der Waals surface area contributed by atoms with Gasteiger partial charge < -0.3 is 9.47 Å². The van der Waals surface area contributed by atoms with E-state index in [0.717, 1.165) is 29.9 Å². The predicted molar refractivity (Wildman–Crippen MR) is 94.5 cm³/mol. The maximum absolute atomic E-state index is 11.9. The Morgan fingerprint density at radius 2 is 1.71 bits per heavy atom. The van der Waals surface area contributed by atoms with Gasteiger partial charge in [0, 0.05) is 0 Å². The number of hydrogen-bond donors (Lipinski definition) is 1. The standard InChI is InChI=1S/C19H22N2O3/c1-3-7-18(15-8-5-4-6-9-15)20-21-19(22)14-24-17-12-10-16(23-2)11-13-17/h4-6,8-13H,3,7,14H2,1-2H3,(H,21,22). The van der Waals surface area contributed by atoms with Crippen molar-refractivity contribution in [1.82, 2.24) is 5.43 Å². The Morgan fingerprint density at radius 1 is 1.04 bits per heavy atom. The van der Waals surface area contributed by atoms with Crippen molar-refractivity contribution in [3.8, 4) is 11.5 Å². The van der Waals surface area contributed by atoms with Gasteiger partial charge in [-0.2, -0.15) is 5.10 Å². The van der Waals surface area contributed by atoms with E-state index in [1.165, 1.54) is 0 Å². The molecule has 2 rings (SSSR count). The molecule has 0 aliphatic rings. The number of nitrogens with one attached hydrogen (secondary N) is 1. The molecule has 0 unspecified atom stereocenters. The highest BCUT2D eigenvalue weighted by atomic mass is 16.5. The number of benzene rings is 2. The van der Waals surface area contributed by atoms with Gasteiger partial charge >= 0.3 is 0 Å². The summed E-state index contributed by atoms with van der Waals surface area (Å²) in [5, 5.41) is 4.24. The quantitative estimate of drug-likeness (QED) is 0.597. The topological polar surface area (TPSA) is 59.9 Å². The lowest BCUT2D eigenvalue weighted by molar-refractivity contribution is -0.123. The van der Waals surface area contributed by atoms with Crippen LogP contribution in [0.3, 0.4) is 0 Å². The second kappa shape index (κ2) is 9.35. The van der Waals surface area contributed by atoms with Gasteiger partial charge in [0.05, 0.1) is 12.8 Å². The molecule has 0 heterocycles. The van der Waals surface area contributed by atoms with Crippen LogP contribution in [0.5, 0.6) is 11.5 Å². The van der Waals surface area contributed by atoms with E-state index in [4.69, 9.17) is 9.47 Å². The van der Waals surface area contributed by atoms with E-state index in [1.807, 2.05) is 30.3 Å². The molecule has 0 radical (unpaired) electrons. The van der Waals surface area contributed by atoms with Gasteiger partial charge in [0.15, 0.2) is 6.61 Å². The van der Waals surface area contributed by atoms with Gasteiger partial charge in [-0.05, 0) is 36.2 Å². The van der Waals surface area contributed by atoms with Gasteiger partial charge in [0.2, 0.25) is 0 Å². The second-order valence-electron chi connectivity index (χ2n) is 5.17. The van der Waals surface area contributed by atoms with Crippen LogP contribution in [0, 0.1) is 0 Å². The Morgan fingerprint density at radius 3 is 2.33 bits per heavy atom. The molecule has 0 saturated carbocycles. The monoisotopic (exact) mass is 326 g/mol. The van der Waals surface area contributed by atoms with Crippen LogP contribution in [0.4, 0.5) is 0 Å². The van der Waals surface area contributed by atoms with Gasteiger partial charge in [-0.3, -0.25) is 4.79 Å². The zero-order valence-electron chi connectivity index (χ0n) is 14.0. The second-order valence-corrected chi connectivity index (χ2v) is 5.17. The first kappa shape index (κ1) is 17.5. The Bertz CT molecular complexity index is 667. The maximum atomic E-state index is 11.9. The van der Waals surface area contributed by atoms with Crippen molar-refractivity contribution in [2.75, 3.05) is 13.7 Å². The lowest BCUT2D eigenvalue weighted by atomic mass is 10.1. The number of carbonyl (C=O) groups excluding carboxylic acids is 1. The third-order valence-corrected chi connectivity index (χ3v) is 3.34. The molecule has 0 bridgehead atoms. The molecule has 1 amide bonds. The minimum absolute atomic E-state index is 0.0932. The Kier molecular flexibility index (Phi) is 6.83. The molecule has 5 heteroatoms. The van der Waals surface area contributed by atoms with Gasteiger partial charge in [-0.15, -0.1) is 0 Å². The molecule has 2 aromatic rings. The SMILES string of the molecule is CCCC(=NNC(=O)COc1ccc(OC)cc1)c1ccccc1. The number of rotatable bonds is 8. The van der Waals surface area contributed by atoms with Crippen molar-refractivity contribution < 1.29 is 14.3 Å². The molecule has 1 N–H and O–H groups in total. The molecule has 0 fully saturated rings. The number of hydrogen-bond acceptors (Lipinski definition) is 4. The maximum Gasteiger partial charge on any atom is 0.277 e. The lowest BCUT2D eigenvalue weighted by Crippen LogP contribution is -2.26. The van der Waals surface area contributed by atoms with E-state index in [-0.39, 0.29) is 12.5 Å². The summed E-state index contributed by atoms with van der Waals surface area (Å²) >= 11 is 0. The molecule has 0 aromatic heterocycles. The van der Waals surface area contributed by atoms with Crippen molar-refractivity contribution in [1.29, 1.82) is 0 Å². The lowest BCUT2D eigenvalue weighted by Gasteiger charge is -2.08. The Balaban J connectivity index is 1.89. The molecular weight excluding hydrogens is 304 g/mol. The van der Waals surface area contributed by atoms with Crippen LogP contribution in [0.1, 0.15) is 25.3 Å². The van der Waals surface area contributed by atoms with E-state index in [0.29, 0.717) is 5.75 Å². The number of carbonyl (C=O) groups is 1. The van der Waals surface area contributed by atoms with Crippen LogP contribution in [0.25, 0.3) is 0 Å². The smallest absolute Gasteiger partial charge is 0.277 e. The number of methoxy groups -OCH3 is 1. The van der Waals surface area contributed by atoms with Crippen LogP contribution in [-0.2, 0) is 4.79 Å². The molecule has 0 atom stereocenters. The van der Waals surface area contributed by atoms with Crippen molar-refractivity contribution in [3.63, 3.8) is 0 Å². The van der Waals surface area contributed by atoms with Crippen LogP contribution in [0.2, 0.25) is 0 Å². The molecule has 0 saturated heterocycles. The largest absolute Gasteiger partial charge is 0.497 e. The fourth-order valence-corrected chi connectivity index (χ4v) is 2.12. The molecule has 5 nitrogen and oxygen atoms in total. The minimum atomic E-state index is -0.296. The molecule has 24 heavy (non-hydrogen) atoms. The van der Waals surface area contributed by atoms with E-state index in [2.05, 4.69) is 17.5 Å². The molecule has 0 aliphatic heterocycles. The van der Waals surface area contributed by atoms with Crippen molar-refractivity contribution >= 4 is 11.6 Å². The molecule has 0 spiro atoms. The summed E-state index contributed by atoms with van der Waals surface area (Å²) in [6.45, 7) is 1.98. The van der Waals surface area contributed by atoms with E-state index >= 15 is 0 Å². The average Bonchev–Trinajstić information content (AvgIpc) is 2.64. The summed E-state index contributed by atoms with van der Waals surface area (Å²) in [6.07, 6.45) is 1.75. The predicted octanol–water partition coefficient (Wildman–Crippen LogP) is 3.39. The van der Waals surface area contributed by atoms with E-state index in [1.54, 1.807) is 31.4 Å². The van der Waals surface area contributed by atoms with E-state index < -0.39 is 0 Å². The number of hydrazone groups is 1. The summed E-state index contributed by atoms with van der Waals surface area (Å²) in [5.74, 6) is 1.05. The summed E-state index contributed by atoms with van der Waals surface area (Å²) in [5.41, 5.74) is 4.43. The molecular formula is C19H22N2O3. The van der Waals surface area contributed by atoms with Crippen molar-refractivity contribution in [2.45, 2.75) is 19.8 Å². The van der Waals surface area contributed by atoms with E-state index in [9.17, 15) is 4.79 Å². The van der Waals surface area contributed by atoms with Gasteiger partial charge in [0.25, 0.3) is 5.91 Å².